The average Bonchev–Trinajstić information content (AvgIpc) is 3.69. The summed E-state index contributed by atoms with van der Waals surface area (Å²) in [6, 6.07) is 25.8. The summed E-state index contributed by atoms with van der Waals surface area (Å²) in [5, 5.41) is 13.4. The van der Waals surface area contributed by atoms with Crippen LogP contribution < -0.4 is 0 Å². The van der Waals surface area contributed by atoms with Gasteiger partial charge in [0.1, 0.15) is 0 Å². The molecule has 3 aliphatic rings. The van der Waals surface area contributed by atoms with Crippen molar-refractivity contribution < 1.29 is 0 Å². The third-order valence-corrected chi connectivity index (χ3v) is 9.08. The second kappa shape index (κ2) is 11.6. The highest BCUT2D eigenvalue weighted by Gasteiger charge is 2.38. The zero-order chi connectivity index (χ0) is 28.5. The molecular weight excluding hydrogens is 516 g/mol. The van der Waals surface area contributed by atoms with Crippen molar-refractivity contribution in [3.05, 3.63) is 131 Å². The predicted molar refractivity (Wildman–Crippen MR) is 168 cm³/mol. The van der Waals surface area contributed by atoms with Crippen LogP contribution in [0.25, 0.3) is 16.8 Å². The molecule has 0 N–H and O–H groups in total. The van der Waals surface area contributed by atoms with Gasteiger partial charge >= 0.3 is 0 Å². The van der Waals surface area contributed by atoms with Crippen molar-refractivity contribution >= 4 is 0 Å². The molecule has 1 aliphatic heterocycles. The van der Waals surface area contributed by atoms with Gasteiger partial charge in [0.15, 0.2) is 5.82 Å². The molecule has 6 nitrogen and oxygen atoms in total. The highest BCUT2D eigenvalue weighted by atomic mass is 15.6. The summed E-state index contributed by atoms with van der Waals surface area (Å²) in [6.07, 6.45) is 12.9. The Morgan fingerprint density at radius 3 is 2.36 bits per heavy atom. The first-order valence-corrected chi connectivity index (χ1v) is 15.2. The molecule has 0 bridgehead atoms. The Labute approximate surface area is 248 Å². The van der Waals surface area contributed by atoms with Crippen molar-refractivity contribution in [1.82, 2.24) is 30.0 Å². The van der Waals surface area contributed by atoms with Gasteiger partial charge in [-0.05, 0) is 75.9 Å². The number of aryl methyl sites for hydroxylation is 2. The SMILES string of the molecule is Cc1cccc(C)c1-n1nnnc1[C@@H](c1ccc(-c2ccccc2)cc1)N1CCN(C/C=C/C2=CC=CC3CC23)CC1. The molecule has 2 fully saturated rings. The Balaban J connectivity index is 1.14. The third kappa shape index (κ3) is 5.40. The summed E-state index contributed by atoms with van der Waals surface area (Å²) < 4.78 is 1.97. The lowest BCUT2D eigenvalue weighted by Crippen LogP contribution is -2.48. The third-order valence-electron chi connectivity index (χ3n) is 9.08. The van der Waals surface area contributed by atoms with E-state index < -0.39 is 0 Å². The summed E-state index contributed by atoms with van der Waals surface area (Å²) in [5.74, 6) is 2.42. The van der Waals surface area contributed by atoms with Crippen molar-refractivity contribution in [2.75, 3.05) is 32.7 Å². The predicted octanol–water partition coefficient (Wildman–Crippen LogP) is 6.34. The van der Waals surface area contributed by atoms with E-state index in [0.717, 1.165) is 56.1 Å². The molecule has 7 rings (SSSR count). The number of nitrogens with zero attached hydrogens (tertiary/aromatic N) is 6. The number of fused-ring (bicyclic) bond motifs is 1. The Morgan fingerprint density at radius 2 is 1.60 bits per heavy atom. The summed E-state index contributed by atoms with van der Waals surface area (Å²) in [5.41, 5.74) is 8.54. The fourth-order valence-corrected chi connectivity index (χ4v) is 6.64. The second-order valence-electron chi connectivity index (χ2n) is 11.9. The molecule has 42 heavy (non-hydrogen) atoms. The van der Waals surface area contributed by atoms with E-state index >= 15 is 0 Å². The van der Waals surface area contributed by atoms with E-state index in [1.807, 2.05) is 4.68 Å². The Hall–Kier alpha value is -4.13. The standard InChI is InChI=1S/C36H38N6/c1-26-9-6-10-27(2)34(26)42-36(37-38-39-42)35(31-18-16-29(17-19-31)28-11-4-3-5-12-28)41-23-21-40(22-24-41)20-8-15-30-13-7-14-32-25-33(30)32/h3-19,32-33,35H,20-25H2,1-2H3/b15-8+/t32?,33?,35-/m1/s1. The van der Waals surface area contributed by atoms with Crippen LogP contribution in [0.15, 0.2) is 109 Å². The largest absolute Gasteiger partial charge is 0.297 e. The summed E-state index contributed by atoms with van der Waals surface area (Å²) in [4.78, 5) is 5.11. The molecule has 212 valence electrons. The molecule has 2 heterocycles. The van der Waals surface area contributed by atoms with E-state index in [4.69, 9.17) is 0 Å². The Bertz CT molecular complexity index is 1600. The van der Waals surface area contributed by atoms with Gasteiger partial charge in [-0.25, -0.2) is 0 Å². The summed E-state index contributed by atoms with van der Waals surface area (Å²) in [7, 11) is 0. The van der Waals surface area contributed by atoms with E-state index in [1.165, 1.54) is 39.8 Å². The van der Waals surface area contributed by atoms with Gasteiger partial charge in [-0.3, -0.25) is 9.80 Å². The second-order valence-corrected chi connectivity index (χ2v) is 11.9. The summed E-state index contributed by atoms with van der Waals surface area (Å²) in [6.45, 7) is 9.18. The average molecular weight is 555 g/mol. The highest BCUT2D eigenvalue weighted by Crippen LogP contribution is 2.47. The molecule has 3 aromatic carbocycles. The van der Waals surface area contributed by atoms with Gasteiger partial charge in [0, 0.05) is 32.7 Å². The van der Waals surface area contributed by atoms with E-state index in [2.05, 4.69) is 142 Å². The maximum atomic E-state index is 4.66. The zero-order valence-corrected chi connectivity index (χ0v) is 24.5. The molecule has 6 heteroatoms. The molecule has 1 aromatic heterocycles. The van der Waals surface area contributed by atoms with Crippen molar-refractivity contribution in [2.45, 2.75) is 26.3 Å². The minimum absolute atomic E-state index is 0.0486. The quantitative estimate of drug-likeness (QED) is 0.254. The van der Waals surface area contributed by atoms with Crippen LogP contribution in [0.1, 0.15) is 35.0 Å². The lowest BCUT2D eigenvalue weighted by molar-refractivity contribution is 0.113. The molecule has 3 atom stereocenters. The molecule has 1 saturated heterocycles. The monoisotopic (exact) mass is 554 g/mol. The first-order chi connectivity index (χ1) is 20.7. The Morgan fingerprint density at radius 1 is 0.857 bits per heavy atom. The molecule has 2 aliphatic carbocycles. The minimum atomic E-state index is -0.0486. The van der Waals surface area contributed by atoms with Gasteiger partial charge in [-0.1, -0.05) is 103 Å². The summed E-state index contributed by atoms with van der Waals surface area (Å²) >= 11 is 0. The molecular formula is C36H38N6. The number of rotatable bonds is 8. The maximum absolute atomic E-state index is 4.66. The molecule has 0 spiro atoms. The van der Waals surface area contributed by atoms with Crippen LogP contribution in [0.4, 0.5) is 0 Å². The Kier molecular flexibility index (Phi) is 7.41. The van der Waals surface area contributed by atoms with Crippen LogP contribution in [0, 0.1) is 25.7 Å². The van der Waals surface area contributed by atoms with Gasteiger partial charge in [0.25, 0.3) is 0 Å². The van der Waals surface area contributed by atoms with Crippen molar-refractivity contribution in [3.8, 4) is 16.8 Å². The molecule has 1 saturated carbocycles. The van der Waals surface area contributed by atoms with Crippen molar-refractivity contribution in [3.63, 3.8) is 0 Å². The molecule has 0 amide bonds. The van der Waals surface area contributed by atoms with Crippen LogP contribution in [0.2, 0.25) is 0 Å². The minimum Gasteiger partial charge on any atom is -0.297 e. The van der Waals surface area contributed by atoms with Crippen LogP contribution in [0.5, 0.6) is 0 Å². The number of benzene rings is 3. The fourth-order valence-electron chi connectivity index (χ4n) is 6.64. The number of tetrazole rings is 1. The number of hydrogen-bond acceptors (Lipinski definition) is 5. The van der Waals surface area contributed by atoms with Crippen LogP contribution in [0.3, 0.4) is 0 Å². The number of aromatic nitrogens is 4. The molecule has 2 unspecified atom stereocenters. The first-order valence-electron chi connectivity index (χ1n) is 15.2. The zero-order valence-electron chi connectivity index (χ0n) is 24.5. The number of piperazine rings is 1. The maximum Gasteiger partial charge on any atom is 0.178 e. The number of hydrogen-bond donors (Lipinski definition) is 0. The van der Waals surface area contributed by atoms with Gasteiger partial charge in [0.05, 0.1) is 11.7 Å². The lowest BCUT2D eigenvalue weighted by atomic mass is 9.98. The normalized spacial score (nSPS) is 21.3. The van der Waals surface area contributed by atoms with E-state index in [0.29, 0.717) is 0 Å². The molecule has 0 radical (unpaired) electrons. The van der Waals surface area contributed by atoms with E-state index in [1.54, 1.807) is 0 Å². The first kappa shape index (κ1) is 26.7. The van der Waals surface area contributed by atoms with Gasteiger partial charge < -0.3 is 0 Å². The highest BCUT2D eigenvalue weighted by molar-refractivity contribution is 5.63. The smallest absolute Gasteiger partial charge is 0.178 e. The van der Waals surface area contributed by atoms with Gasteiger partial charge in [0.2, 0.25) is 0 Å². The van der Waals surface area contributed by atoms with Crippen LogP contribution in [-0.4, -0.2) is 62.7 Å². The topological polar surface area (TPSA) is 50.1 Å². The van der Waals surface area contributed by atoms with Crippen LogP contribution >= 0.6 is 0 Å². The van der Waals surface area contributed by atoms with Gasteiger partial charge in [-0.15, -0.1) is 5.10 Å². The number of allylic oxidation sites excluding steroid dienone is 5. The fraction of sp³-hybridized carbons (Fsp3) is 0.306. The lowest BCUT2D eigenvalue weighted by Gasteiger charge is -2.38. The van der Waals surface area contributed by atoms with E-state index in [9.17, 15) is 0 Å². The van der Waals surface area contributed by atoms with Crippen molar-refractivity contribution in [1.29, 1.82) is 0 Å². The molecule has 4 aromatic rings. The van der Waals surface area contributed by atoms with Crippen LogP contribution in [-0.2, 0) is 0 Å². The van der Waals surface area contributed by atoms with Crippen molar-refractivity contribution in [2.24, 2.45) is 11.8 Å². The van der Waals surface area contributed by atoms with Gasteiger partial charge in [-0.2, -0.15) is 4.68 Å². The van der Waals surface area contributed by atoms with E-state index in [-0.39, 0.29) is 6.04 Å². The number of para-hydroxylation sites is 1.